The molecule has 0 bridgehead atoms. The van der Waals surface area contributed by atoms with Gasteiger partial charge < -0.3 is 25.0 Å². The summed E-state index contributed by atoms with van der Waals surface area (Å²) in [7, 11) is 0. The van der Waals surface area contributed by atoms with Gasteiger partial charge in [-0.05, 0) is 47.0 Å². The first-order chi connectivity index (χ1) is 17.5. The molecule has 0 radical (unpaired) electrons. The Hall–Kier alpha value is -3.81. The molecule has 1 atom stereocenters. The lowest BCUT2D eigenvalue weighted by Gasteiger charge is -2.21. The Morgan fingerprint density at radius 2 is 1.58 bits per heavy atom. The number of nitrogens with one attached hydrogen (secondary N) is 1. The summed E-state index contributed by atoms with van der Waals surface area (Å²) in [5, 5.41) is 24.6. The molecule has 4 aromatic carbocycles. The van der Waals surface area contributed by atoms with Crippen LogP contribution in [0.1, 0.15) is 27.7 Å². The highest BCUT2D eigenvalue weighted by atomic mass is 79.9. The zero-order chi connectivity index (χ0) is 25.3. The molecular formula is C29H26BrNO5. The van der Waals surface area contributed by atoms with Gasteiger partial charge in [-0.1, -0.05) is 82.7 Å². The van der Waals surface area contributed by atoms with Crippen molar-refractivity contribution in [2.45, 2.75) is 12.8 Å². The van der Waals surface area contributed by atoms with Gasteiger partial charge in [-0.3, -0.25) is 0 Å². The standard InChI is InChI=1S/C29H26BrNO5/c30-15-16-35-23-12-14-27(36-19-20-7-3-1-4-8-20)25(18-23)28(32)31-26-17-22(11-13-24(26)29(33)34)21-9-5-2-6-10-21/h1-14,17-18,28,31-32H,15-16,19H2,(H,33,34). The lowest BCUT2D eigenvalue weighted by atomic mass is 10.0. The number of benzene rings is 4. The first kappa shape index (κ1) is 25.3. The summed E-state index contributed by atoms with van der Waals surface area (Å²) in [5.74, 6) is -0.0748. The van der Waals surface area contributed by atoms with Crippen LogP contribution in [0, 0.1) is 0 Å². The van der Waals surface area contributed by atoms with Crippen molar-refractivity contribution < 1.29 is 24.5 Å². The van der Waals surface area contributed by atoms with E-state index in [-0.39, 0.29) is 11.3 Å². The number of hydrogen-bond donors (Lipinski definition) is 3. The van der Waals surface area contributed by atoms with Gasteiger partial charge in [0, 0.05) is 10.9 Å². The van der Waals surface area contributed by atoms with E-state index in [2.05, 4.69) is 21.2 Å². The SMILES string of the molecule is O=C(O)c1ccc(-c2ccccc2)cc1NC(O)c1cc(OCCBr)ccc1OCc1ccccc1. The highest BCUT2D eigenvalue weighted by Gasteiger charge is 2.19. The predicted molar refractivity (Wildman–Crippen MR) is 144 cm³/mol. The maximum atomic E-state index is 11.9. The summed E-state index contributed by atoms with van der Waals surface area (Å²) in [6, 6.07) is 29.5. The topological polar surface area (TPSA) is 88.0 Å². The molecule has 4 aromatic rings. The van der Waals surface area contributed by atoms with Crippen LogP contribution in [0.15, 0.2) is 97.1 Å². The average Bonchev–Trinajstić information content (AvgIpc) is 2.91. The van der Waals surface area contributed by atoms with Crippen molar-refractivity contribution in [3.8, 4) is 22.6 Å². The fourth-order valence-corrected chi connectivity index (χ4v) is 3.90. The first-order valence-corrected chi connectivity index (χ1v) is 12.5. The number of aromatic carboxylic acids is 1. The molecule has 0 saturated heterocycles. The van der Waals surface area contributed by atoms with Gasteiger partial charge in [0.15, 0.2) is 6.23 Å². The van der Waals surface area contributed by atoms with Crippen LogP contribution >= 0.6 is 15.9 Å². The number of ether oxygens (including phenoxy) is 2. The molecule has 1 unspecified atom stereocenters. The Balaban J connectivity index is 1.65. The zero-order valence-corrected chi connectivity index (χ0v) is 21.0. The van der Waals surface area contributed by atoms with Gasteiger partial charge >= 0.3 is 5.97 Å². The molecule has 0 aliphatic heterocycles. The third-order valence-electron chi connectivity index (χ3n) is 5.51. The normalized spacial score (nSPS) is 11.5. The van der Waals surface area contributed by atoms with Crippen molar-refractivity contribution in [2.24, 2.45) is 0 Å². The van der Waals surface area contributed by atoms with E-state index < -0.39 is 12.2 Å². The van der Waals surface area contributed by atoms with Crippen LogP contribution in [0.5, 0.6) is 11.5 Å². The summed E-state index contributed by atoms with van der Waals surface area (Å²) in [6.07, 6.45) is -1.26. The minimum atomic E-state index is -1.26. The van der Waals surface area contributed by atoms with E-state index in [0.717, 1.165) is 16.7 Å². The molecule has 6 nitrogen and oxygen atoms in total. The molecule has 4 rings (SSSR count). The van der Waals surface area contributed by atoms with Crippen LogP contribution in [-0.4, -0.2) is 28.1 Å². The molecule has 0 aromatic heterocycles. The van der Waals surface area contributed by atoms with Crippen LogP contribution in [0.3, 0.4) is 0 Å². The number of carboxylic acid groups (broad SMARTS) is 1. The molecule has 0 saturated carbocycles. The summed E-state index contributed by atoms with van der Waals surface area (Å²) in [4.78, 5) is 11.9. The second-order valence-electron chi connectivity index (χ2n) is 7.99. The molecule has 36 heavy (non-hydrogen) atoms. The van der Waals surface area contributed by atoms with Gasteiger partial charge in [0.1, 0.15) is 18.1 Å². The third-order valence-corrected chi connectivity index (χ3v) is 5.83. The fraction of sp³-hybridized carbons (Fsp3) is 0.138. The molecule has 0 heterocycles. The number of halogens is 1. The van der Waals surface area contributed by atoms with Crippen LogP contribution in [0.4, 0.5) is 5.69 Å². The van der Waals surface area contributed by atoms with Crippen LogP contribution in [0.2, 0.25) is 0 Å². The highest BCUT2D eigenvalue weighted by molar-refractivity contribution is 9.09. The first-order valence-electron chi connectivity index (χ1n) is 11.4. The Bertz CT molecular complexity index is 1300. The zero-order valence-electron chi connectivity index (χ0n) is 19.4. The largest absolute Gasteiger partial charge is 0.493 e. The quantitative estimate of drug-likeness (QED) is 0.146. The summed E-state index contributed by atoms with van der Waals surface area (Å²) < 4.78 is 11.7. The number of carbonyl (C=O) groups is 1. The summed E-state index contributed by atoms with van der Waals surface area (Å²) in [6.45, 7) is 0.765. The minimum absolute atomic E-state index is 0.0483. The third kappa shape index (κ3) is 6.44. The smallest absolute Gasteiger partial charge is 0.337 e. The maximum Gasteiger partial charge on any atom is 0.337 e. The van der Waals surface area contributed by atoms with E-state index in [1.165, 1.54) is 6.07 Å². The van der Waals surface area contributed by atoms with E-state index in [1.807, 2.05) is 60.7 Å². The number of rotatable bonds is 11. The lowest BCUT2D eigenvalue weighted by Crippen LogP contribution is -2.15. The average molecular weight is 548 g/mol. The van der Waals surface area contributed by atoms with Gasteiger partial charge in [0.25, 0.3) is 0 Å². The molecule has 0 aliphatic carbocycles. The molecule has 0 fully saturated rings. The molecule has 0 spiro atoms. The van der Waals surface area contributed by atoms with Crippen LogP contribution in [0.25, 0.3) is 11.1 Å². The van der Waals surface area contributed by atoms with Gasteiger partial charge in [-0.2, -0.15) is 0 Å². The van der Waals surface area contributed by atoms with E-state index in [1.54, 1.807) is 30.3 Å². The predicted octanol–water partition coefficient (Wildman–Crippen LogP) is 6.51. The maximum absolute atomic E-state index is 11.9. The van der Waals surface area contributed by atoms with Gasteiger partial charge in [0.2, 0.25) is 0 Å². The van der Waals surface area contributed by atoms with E-state index in [4.69, 9.17) is 9.47 Å². The van der Waals surface area contributed by atoms with Crippen molar-refractivity contribution in [3.05, 3.63) is 114 Å². The van der Waals surface area contributed by atoms with Gasteiger partial charge in [0.05, 0.1) is 17.9 Å². The van der Waals surface area contributed by atoms with Crippen LogP contribution < -0.4 is 14.8 Å². The number of alkyl halides is 1. The Labute approximate surface area is 218 Å². The van der Waals surface area contributed by atoms with Crippen molar-refractivity contribution in [3.63, 3.8) is 0 Å². The second-order valence-corrected chi connectivity index (χ2v) is 8.78. The Morgan fingerprint density at radius 1 is 0.861 bits per heavy atom. The Morgan fingerprint density at radius 3 is 2.28 bits per heavy atom. The number of hydrogen-bond acceptors (Lipinski definition) is 5. The molecule has 0 amide bonds. The number of aliphatic hydroxyl groups is 1. The molecule has 3 N–H and O–H groups in total. The second kappa shape index (κ2) is 12.2. The minimum Gasteiger partial charge on any atom is -0.493 e. The van der Waals surface area contributed by atoms with Crippen molar-refractivity contribution in [1.82, 2.24) is 0 Å². The lowest BCUT2D eigenvalue weighted by molar-refractivity contribution is 0.0697. The fourth-order valence-electron chi connectivity index (χ4n) is 3.74. The summed E-state index contributed by atoms with van der Waals surface area (Å²) >= 11 is 3.34. The number of aliphatic hydroxyl groups excluding tert-OH is 1. The van der Waals surface area contributed by atoms with Crippen molar-refractivity contribution in [2.75, 3.05) is 17.3 Å². The van der Waals surface area contributed by atoms with Gasteiger partial charge in [-0.15, -0.1) is 0 Å². The molecular weight excluding hydrogens is 522 g/mol. The Kier molecular flexibility index (Phi) is 8.60. The van der Waals surface area contributed by atoms with E-state index in [9.17, 15) is 15.0 Å². The molecule has 184 valence electrons. The van der Waals surface area contributed by atoms with E-state index in [0.29, 0.717) is 35.6 Å². The highest BCUT2D eigenvalue weighted by Crippen LogP contribution is 2.33. The van der Waals surface area contributed by atoms with Crippen molar-refractivity contribution in [1.29, 1.82) is 0 Å². The number of carboxylic acids is 1. The molecule has 0 aliphatic rings. The summed E-state index contributed by atoms with van der Waals surface area (Å²) in [5.41, 5.74) is 3.51. The van der Waals surface area contributed by atoms with Crippen molar-refractivity contribution >= 4 is 27.6 Å². The number of anilines is 1. The van der Waals surface area contributed by atoms with Gasteiger partial charge in [-0.25, -0.2) is 4.79 Å². The monoisotopic (exact) mass is 547 g/mol. The van der Waals surface area contributed by atoms with E-state index >= 15 is 0 Å². The molecule has 7 heteroatoms. The van der Waals surface area contributed by atoms with Crippen LogP contribution in [-0.2, 0) is 6.61 Å².